The van der Waals surface area contributed by atoms with Crippen molar-refractivity contribution >= 4 is 6.08 Å². The van der Waals surface area contributed by atoms with Gasteiger partial charge in [-0.1, -0.05) is 0 Å². The molecule has 0 aliphatic carbocycles. The van der Waals surface area contributed by atoms with Gasteiger partial charge in [-0.25, -0.2) is 0 Å². The average molecular weight is 760 g/mol. The van der Waals surface area contributed by atoms with Gasteiger partial charge in [0.05, 0.1) is 30.9 Å². The van der Waals surface area contributed by atoms with Crippen LogP contribution in [0.4, 0.5) is 0 Å². The lowest BCUT2D eigenvalue weighted by molar-refractivity contribution is -0.325. The number of hydrogen-bond donors (Lipinski definition) is 13. The van der Waals surface area contributed by atoms with Crippen molar-refractivity contribution in [1.82, 2.24) is 0 Å². The Morgan fingerprint density at radius 1 is 0.623 bits per heavy atom. The molecule has 16 unspecified atom stereocenters. The Bertz CT molecular complexity index is 1620. The Morgan fingerprint density at radius 2 is 1.23 bits per heavy atom. The smallest absolute Gasteiger partial charge is 0.270 e. The summed E-state index contributed by atoms with van der Waals surface area (Å²) in [5.41, 5.74) is 0.241. The van der Waals surface area contributed by atoms with Crippen molar-refractivity contribution in [2.75, 3.05) is 13.2 Å². The van der Waals surface area contributed by atoms with Crippen LogP contribution in [0.25, 0.3) is 6.08 Å². The predicted octanol–water partition coefficient (Wildman–Crippen LogP) is -4.01. The summed E-state index contributed by atoms with van der Waals surface area (Å²) in [4.78, 5) is 0. The topological polar surface area (TPSA) is 331 Å². The molecule has 294 valence electrons. The molecule has 0 radical (unpaired) electrons. The molecule has 3 saturated heterocycles. The summed E-state index contributed by atoms with van der Waals surface area (Å²) in [6, 6.07) is 6.13. The molecular weight excluding hydrogens is 716 g/mol. The Morgan fingerprint density at radius 3 is 1.89 bits per heavy atom. The number of aliphatic hydroxyl groups excluding tert-OH is 10. The van der Waals surface area contributed by atoms with E-state index in [2.05, 4.69) is 4.74 Å². The molecule has 20 heteroatoms. The zero-order chi connectivity index (χ0) is 38.5. The second-order valence-corrected chi connectivity index (χ2v) is 13.2. The molecule has 0 bridgehead atoms. The quantitative estimate of drug-likeness (QED) is 0.0855. The second-order valence-electron chi connectivity index (χ2n) is 13.2. The van der Waals surface area contributed by atoms with Crippen LogP contribution in [0.15, 0.2) is 36.1 Å². The highest BCUT2D eigenvalue weighted by molar-refractivity contribution is 5.69. The van der Waals surface area contributed by atoms with Crippen molar-refractivity contribution in [3.05, 3.63) is 47.2 Å². The highest BCUT2D eigenvalue weighted by atomic mass is 16.7. The molecule has 14 N–H and O–H groups in total. The van der Waals surface area contributed by atoms with Crippen LogP contribution >= 0.6 is 0 Å². The lowest BCUT2D eigenvalue weighted by Crippen LogP contribution is -2.61. The number of benzene rings is 2. The predicted molar refractivity (Wildman–Crippen MR) is 171 cm³/mol. The van der Waals surface area contributed by atoms with Crippen LogP contribution in [-0.2, 0) is 23.7 Å². The van der Waals surface area contributed by atoms with Gasteiger partial charge in [-0.15, -0.1) is 0 Å². The largest absolute Gasteiger partial charge is 0.571 e. The van der Waals surface area contributed by atoms with Crippen LogP contribution in [0.3, 0.4) is 0 Å². The molecular formula is C33H43O20+. The summed E-state index contributed by atoms with van der Waals surface area (Å²) in [5, 5.41) is 134. The summed E-state index contributed by atoms with van der Waals surface area (Å²) in [6.07, 6.45) is -23.7. The molecule has 53 heavy (non-hydrogen) atoms. The number of fused-ring (bicyclic) bond motifs is 1. The standard InChI is InChI=1S/C33H42O20/c1-10-21(38)24(41)27(44)31(48-10)47-9-20-23(40)26(43)29(46)33(53-20)51-18-7-13-15(36)5-12(49-32-28(45)25(42)22(39)19(8-34)52-32)6-17(13)50-30(18)11-2-3-14(35)16(37)4-11/h2-7,10,19-46H,8-9H2,1H3/p+1. The minimum absolute atomic E-state index is 0.0319. The van der Waals surface area contributed by atoms with Gasteiger partial charge >= 0.3 is 0 Å². The molecule has 0 amide bonds. The normalized spacial score (nSPS) is 40.1. The van der Waals surface area contributed by atoms with E-state index >= 15 is 0 Å². The summed E-state index contributed by atoms with van der Waals surface area (Å²) >= 11 is 0. The molecule has 2 aromatic rings. The minimum atomic E-state index is -1.88. The van der Waals surface area contributed by atoms with Crippen molar-refractivity contribution in [1.29, 1.82) is 0 Å². The van der Waals surface area contributed by atoms with E-state index in [-0.39, 0.29) is 28.4 Å². The van der Waals surface area contributed by atoms with Crippen molar-refractivity contribution in [2.24, 2.45) is 0 Å². The van der Waals surface area contributed by atoms with Gasteiger partial charge in [0, 0.05) is 12.1 Å². The van der Waals surface area contributed by atoms with Crippen LogP contribution in [0, 0.1) is 0 Å². The molecule has 4 heterocycles. The van der Waals surface area contributed by atoms with E-state index in [9.17, 15) is 66.4 Å². The molecule has 0 aromatic heterocycles. The molecule has 3 fully saturated rings. The first-order valence-corrected chi connectivity index (χ1v) is 16.6. The summed E-state index contributed by atoms with van der Waals surface area (Å²) in [5.74, 6) is -1.67. The van der Waals surface area contributed by atoms with Crippen LogP contribution in [0.5, 0.6) is 28.7 Å². The fourth-order valence-electron chi connectivity index (χ4n) is 6.32. The monoisotopic (exact) mass is 759 g/mol. The lowest BCUT2D eigenvalue weighted by atomic mass is 9.98. The van der Waals surface area contributed by atoms with Gasteiger partial charge in [-0.2, -0.15) is 0 Å². The SMILES string of the molecule is CC1OC(OCC2OC(OC3=Cc4c(O)cc(OC5OC(CO)C(O)C(O)C5O)cc4[OH+]C3c3ccc(O)c(O)c3)C(O)C(O)C2O)C(O)C(O)C1O. The van der Waals surface area contributed by atoms with E-state index in [0.29, 0.717) is 0 Å². The first-order valence-electron chi connectivity index (χ1n) is 16.6. The molecule has 6 rings (SSSR count). The molecule has 0 saturated carbocycles. The van der Waals surface area contributed by atoms with Gasteiger partial charge < -0.3 is 99.5 Å². The first kappa shape index (κ1) is 39.1. The maximum absolute atomic E-state index is 11.0. The van der Waals surface area contributed by atoms with E-state index in [0.717, 1.165) is 12.1 Å². The zero-order valence-electron chi connectivity index (χ0n) is 27.8. The summed E-state index contributed by atoms with van der Waals surface area (Å²) in [7, 11) is 0. The zero-order valence-corrected chi connectivity index (χ0v) is 27.8. The van der Waals surface area contributed by atoms with Crippen molar-refractivity contribution in [2.45, 2.75) is 105 Å². The lowest BCUT2D eigenvalue weighted by Gasteiger charge is -2.42. The van der Waals surface area contributed by atoms with Crippen LogP contribution < -0.4 is 4.74 Å². The van der Waals surface area contributed by atoms with E-state index in [1.54, 1.807) is 0 Å². The number of rotatable bonds is 9. The average Bonchev–Trinajstić information content (AvgIpc) is 3.13. The molecule has 20 nitrogen and oxygen atoms in total. The Kier molecular flexibility index (Phi) is 11.5. The minimum Gasteiger partial charge on any atom is -0.571 e. The molecule has 2 aromatic carbocycles. The van der Waals surface area contributed by atoms with Crippen LogP contribution in [0.1, 0.15) is 24.2 Å². The van der Waals surface area contributed by atoms with Gasteiger partial charge in [0.25, 0.3) is 11.9 Å². The third-order valence-corrected chi connectivity index (χ3v) is 9.50. The van der Waals surface area contributed by atoms with Crippen molar-refractivity contribution < 1.29 is 99.5 Å². The summed E-state index contributed by atoms with van der Waals surface area (Å²) < 4.78 is 38.4. The highest BCUT2D eigenvalue weighted by Gasteiger charge is 2.49. The van der Waals surface area contributed by atoms with E-state index < -0.39 is 129 Å². The van der Waals surface area contributed by atoms with Gasteiger partial charge in [0.15, 0.2) is 23.5 Å². The van der Waals surface area contributed by atoms with Crippen LogP contribution in [-0.4, -0.2) is 176 Å². The maximum Gasteiger partial charge on any atom is 0.270 e. The number of aliphatic hydroxyl groups is 11. The third kappa shape index (κ3) is 7.70. The van der Waals surface area contributed by atoms with Gasteiger partial charge in [0.1, 0.15) is 84.2 Å². The second kappa shape index (κ2) is 15.6. The van der Waals surface area contributed by atoms with Gasteiger partial charge in [-0.05, 0) is 25.1 Å². The molecule has 4 aliphatic rings. The number of ether oxygens (including phenoxy) is 7. The molecule has 16 atom stereocenters. The molecule has 0 spiro atoms. The van der Waals surface area contributed by atoms with E-state index in [1.807, 2.05) is 0 Å². The number of phenolic OH excluding ortho intramolecular Hbond substituents is 3. The summed E-state index contributed by atoms with van der Waals surface area (Å²) in [6.45, 7) is 0.157. The fourth-order valence-corrected chi connectivity index (χ4v) is 6.32. The van der Waals surface area contributed by atoms with Gasteiger partial charge in [-0.3, -0.25) is 0 Å². The van der Waals surface area contributed by atoms with Gasteiger partial charge in [0.2, 0.25) is 12.6 Å². The van der Waals surface area contributed by atoms with E-state index in [4.69, 9.17) is 28.4 Å². The van der Waals surface area contributed by atoms with Crippen molar-refractivity contribution in [3.8, 4) is 28.7 Å². The Hall–Kier alpha value is -3.58. The highest BCUT2D eigenvalue weighted by Crippen LogP contribution is 2.47. The fraction of sp³-hybridized carbons (Fsp3) is 0.576. The number of phenols is 3. The first-order chi connectivity index (χ1) is 25.1. The van der Waals surface area contributed by atoms with Crippen molar-refractivity contribution in [3.63, 3.8) is 0 Å². The number of aromatic hydroxyl groups is 4. The Balaban J connectivity index is 1.26. The molecule has 4 aliphatic heterocycles. The van der Waals surface area contributed by atoms with E-state index in [1.165, 1.54) is 31.2 Å². The van der Waals surface area contributed by atoms with Crippen LogP contribution in [0.2, 0.25) is 0 Å². The third-order valence-electron chi connectivity index (χ3n) is 9.50. The number of hydrogen-bond acceptors (Lipinski definition) is 19. The Labute approximate surface area is 300 Å². The maximum atomic E-state index is 11.0.